The second-order valence-corrected chi connectivity index (χ2v) is 5.68. The average Bonchev–Trinajstić information content (AvgIpc) is 2.43. The molecule has 1 amide bonds. The van der Waals surface area contributed by atoms with Gasteiger partial charge in [0.1, 0.15) is 5.82 Å². The Bertz CT molecular complexity index is 452. The van der Waals surface area contributed by atoms with Crippen LogP contribution < -0.4 is 11.1 Å². The number of unbranched alkanes of at least 4 members (excludes halogenated alkanes) is 1. The Morgan fingerprint density at radius 1 is 1.43 bits per heavy atom. The van der Waals surface area contributed by atoms with E-state index in [1.165, 1.54) is 12.1 Å². The van der Waals surface area contributed by atoms with Crippen molar-refractivity contribution in [2.24, 2.45) is 5.73 Å². The van der Waals surface area contributed by atoms with Crippen molar-refractivity contribution in [2.45, 2.75) is 51.5 Å². The van der Waals surface area contributed by atoms with Gasteiger partial charge in [0.25, 0.3) is 0 Å². The Kier molecular flexibility index (Phi) is 8.52. The molecular weight excluding hydrogens is 291 g/mol. The number of amides is 1. The summed E-state index contributed by atoms with van der Waals surface area (Å²) < 4.78 is 13.3. The van der Waals surface area contributed by atoms with E-state index in [9.17, 15) is 9.18 Å². The molecule has 1 rings (SSSR count). The molecule has 0 heterocycles. The number of carbonyl (C=O) groups is 1. The van der Waals surface area contributed by atoms with E-state index < -0.39 is 5.41 Å². The lowest BCUT2D eigenvalue weighted by Gasteiger charge is -2.27. The summed E-state index contributed by atoms with van der Waals surface area (Å²) in [7, 11) is 0. The highest BCUT2D eigenvalue weighted by atomic mass is 35.5. The molecule has 0 aliphatic carbocycles. The Balaban J connectivity index is 0.00000400. The molecule has 1 unspecified atom stereocenters. The largest absolute Gasteiger partial charge is 0.351 e. The summed E-state index contributed by atoms with van der Waals surface area (Å²) in [6.07, 6.45) is 2.97. The normalized spacial score (nSPS) is 12.4. The molecule has 0 fully saturated rings. The van der Waals surface area contributed by atoms with Crippen LogP contribution in [0.15, 0.2) is 24.3 Å². The first-order chi connectivity index (χ1) is 9.41. The van der Waals surface area contributed by atoms with Gasteiger partial charge in [-0.3, -0.25) is 4.79 Å². The Hall–Kier alpha value is -1.13. The highest BCUT2D eigenvalue weighted by molar-refractivity contribution is 5.87. The molecule has 0 saturated heterocycles. The zero-order valence-corrected chi connectivity index (χ0v) is 13.8. The van der Waals surface area contributed by atoms with Crippen molar-refractivity contribution in [3.63, 3.8) is 0 Å². The molecule has 0 radical (unpaired) electrons. The highest BCUT2D eigenvalue weighted by Gasteiger charge is 2.31. The van der Waals surface area contributed by atoms with Crippen molar-refractivity contribution >= 4 is 18.3 Å². The van der Waals surface area contributed by atoms with Crippen LogP contribution in [0.2, 0.25) is 0 Å². The van der Waals surface area contributed by atoms with Crippen LogP contribution in [-0.4, -0.2) is 18.5 Å². The monoisotopic (exact) mass is 316 g/mol. The number of rotatable bonds is 7. The molecule has 1 atom stereocenters. The maximum Gasteiger partial charge on any atom is 0.230 e. The molecule has 120 valence electrons. The second-order valence-electron chi connectivity index (χ2n) is 5.68. The maximum absolute atomic E-state index is 13.3. The van der Waals surface area contributed by atoms with Gasteiger partial charge >= 0.3 is 0 Å². The first-order valence-corrected chi connectivity index (χ1v) is 7.19. The molecule has 0 saturated carbocycles. The molecular formula is C16H26ClFN2O. The van der Waals surface area contributed by atoms with Gasteiger partial charge in [-0.25, -0.2) is 4.39 Å². The summed E-state index contributed by atoms with van der Waals surface area (Å²) >= 11 is 0. The minimum absolute atomic E-state index is 0. The molecule has 0 spiro atoms. The number of hydrogen-bond donors (Lipinski definition) is 2. The maximum atomic E-state index is 13.3. The molecule has 0 aromatic heterocycles. The quantitative estimate of drug-likeness (QED) is 0.812. The van der Waals surface area contributed by atoms with E-state index in [1.807, 2.05) is 0 Å². The summed E-state index contributed by atoms with van der Waals surface area (Å²) in [5, 5.41) is 2.97. The van der Waals surface area contributed by atoms with Crippen molar-refractivity contribution in [3.05, 3.63) is 35.6 Å². The third-order valence-corrected chi connectivity index (χ3v) is 3.64. The van der Waals surface area contributed by atoms with Crippen LogP contribution >= 0.6 is 12.4 Å². The predicted molar refractivity (Wildman–Crippen MR) is 87.2 cm³/mol. The third kappa shape index (κ3) is 5.64. The molecule has 21 heavy (non-hydrogen) atoms. The zero-order chi connectivity index (χ0) is 15.2. The van der Waals surface area contributed by atoms with Crippen LogP contribution in [0, 0.1) is 5.82 Å². The van der Waals surface area contributed by atoms with Crippen LogP contribution in [0.25, 0.3) is 0 Å². The molecule has 3 N–H and O–H groups in total. The van der Waals surface area contributed by atoms with Crippen molar-refractivity contribution in [1.82, 2.24) is 5.32 Å². The molecule has 1 aromatic carbocycles. The van der Waals surface area contributed by atoms with Gasteiger partial charge in [-0.15, -0.1) is 12.4 Å². The first kappa shape index (κ1) is 19.9. The Morgan fingerprint density at radius 2 is 2.10 bits per heavy atom. The minimum atomic E-state index is -0.776. The van der Waals surface area contributed by atoms with Crippen LogP contribution in [0.1, 0.15) is 45.6 Å². The Morgan fingerprint density at radius 3 is 2.62 bits per heavy atom. The van der Waals surface area contributed by atoms with Gasteiger partial charge in [-0.2, -0.15) is 0 Å². The van der Waals surface area contributed by atoms with Crippen molar-refractivity contribution in [2.75, 3.05) is 6.54 Å². The Labute approximate surface area is 132 Å². The van der Waals surface area contributed by atoms with Gasteiger partial charge < -0.3 is 11.1 Å². The summed E-state index contributed by atoms with van der Waals surface area (Å²) in [4.78, 5) is 12.4. The SMILES string of the molecule is CCCCC(CN)NC(=O)C(C)(C)c1cccc(F)c1.Cl. The van der Waals surface area contributed by atoms with E-state index in [1.54, 1.807) is 26.0 Å². The molecule has 0 bridgehead atoms. The van der Waals surface area contributed by atoms with Crippen LogP contribution in [0.3, 0.4) is 0 Å². The van der Waals surface area contributed by atoms with Gasteiger partial charge in [0.15, 0.2) is 0 Å². The second kappa shape index (κ2) is 9.00. The molecule has 5 heteroatoms. The van der Waals surface area contributed by atoms with Gasteiger partial charge in [-0.1, -0.05) is 31.9 Å². The number of hydrogen-bond acceptors (Lipinski definition) is 2. The van der Waals surface area contributed by atoms with Crippen LogP contribution in [0.5, 0.6) is 0 Å². The molecule has 0 aliphatic heterocycles. The number of benzene rings is 1. The van der Waals surface area contributed by atoms with E-state index in [0.29, 0.717) is 12.1 Å². The number of carbonyl (C=O) groups excluding carboxylic acids is 1. The van der Waals surface area contributed by atoms with E-state index in [2.05, 4.69) is 12.2 Å². The first-order valence-electron chi connectivity index (χ1n) is 7.19. The fourth-order valence-corrected chi connectivity index (χ4v) is 2.07. The standard InChI is InChI=1S/C16H25FN2O.ClH/c1-4-5-9-14(11-18)19-15(20)16(2,3)12-7-6-8-13(17)10-12;/h6-8,10,14H,4-5,9,11,18H2,1-3H3,(H,19,20);1H. The summed E-state index contributed by atoms with van der Waals surface area (Å²) in [5.41, 5.74) is 5.58. The minimum Gasteiger partial charge on any atom is -0.351 e. The molecule has 1 aromatic rings. The fraction of sp³-hybridized carbons (Fsp3) is 0.562. The smallest absolute Gasteiger partial charge is 0.230 e. The predicted octanol–water partition coefficient (Wildman–Crippen LogP) is 3.16. The molecule has 3 nitrogen and oxygen atoms in total. The van der Waals surface area contributed by atoms with Crippen molar-refractivity contribution in [1.29, 1.82) is 0 Å². The van der Waals surface area contributed by atoms with Crippen LogP contribution in [0.4, 0.5) is 4.39 Å². The fourth-order valence-electron chi connectivity index (χ4n) is 2.07. The van der Waals surface area contributed by atoms with Crippen LogP contribution in [-0.2, 0) is 10.2 Å². The van der Waals surface area contributed by atoms with Crippen molar-refractivity contribution in [3.8, 4) is 0 Å². The summed E-state index contributed by atoms with van der Waals surface area (Å²) in [6, 6.07) is 6.16. The third-order valence-electron chi connectivity index (χ3n) is 3.64. The van der Waals surface area contributed by atoms with E-state index in [-0.39, 0.29) is 30.2 Å². The highest BCUT2D eigenvalue weighted by Crippen LogP contribution is 2.24. The number of halogens is 2. The summed E-state index contributed by atoms with van der Waals surface area (Å²) in [6.45, 7) is 6.12. The van der Waals surface area contributed by atoms with Gasteiger partial charge in [0.2, 0.25) is 5.91 Å². The lowest BCUT2D eigenvalue weighted by Crippen LogP contribution is -2.47. The topological polar surface area (TPSA) is 55.1 Å². The van der Waals surface area contributed by atoms with E-state index in [4.69, 9.17) is 5.73 Å². The summed E-state index contributed by atoms with van der Waals surface area (Å²) in [5.74, 6) is -0.445. The number of nitrogens with one attached hydrogen (secondary N) is 1. The van der Waals surface area contributed by atoms with Gasteiger partial charge in [-0.05, 0) is 38.0 Å². The lowest BCUT2D eigenvalue weighted by molar-refractivity contribution is -0.126. The molecule has 0 aliphatic rings. The van der Waals surface area contributed by atoms with E-state index >= 15 is 0 Å². The average molecular weight is 317 g/mol. The van der Waals surface area contributed by atoms with Crippen molar-refractivity contribution < 1.29 is 9.18 Å². The lowest BCUT2D eigenvalue weighted by atomic mass is 9.83. The number of nitrogens with two attached hydrogens (primary N) is 1. The van der Waals surface area contributed by atoms with E-state index in [0.717, 1.165) is 19.3 Å². The van der Waals surface area contributed by atoms with Gasteiger partial charge in [0.05, 0.1) is 5.41 Å². The van der Waals surface area contributed by atoms with Gasteiger partial charge in [0, 0.05) is 12.6 Å². The zero-order valence-electron chi connectivity index (χ0n) is 13.0.